The molecule has 1 aliphatic heterocycles. The number of halogens is 2. The van der Waals surface area contributed by atoms with Crippen molar-refractivity contribution in [3.63, 3.8) is 0 Å². The minimum absolute atomic E-state index is 0.0202. The van der Waals surface area contributed by atoms with Gasteiger partial charge in [-0.3, -0.25) is 15.1 Å². The Morgan fingerprint density at radius 2 is 1.49 bits per heavy atom. The first-order valence-electron chi connectivity index (χ1n) is 12.2. The summed E-state index contributed by atoms with van der Waals surface area (Å²) >= 11 is 12.4. The summed E-state index contributed by atoms with van der Waals surface area (Å²) in [6.07, 6.45) is 0.998. The third-order valence-corrected chi connectivity index (χ3v) is 7.59. The first-order chi connectivity index (χ1) is 17.6. The van der Waals surface area contributed by atoms with Gasteiger partial charge in [-0.15, -0.1) is 0 Å². The van der Waals surface area contributed by atoms with Crippen molar-refractivity contribution in [3.8, 4) is 0 Å². The first-order valence-corrected chi connectivity index (χ1v) is 13.0. The number of hydrogen-bond donors (Lipinski definition) is 2. The number of aliphatic hydroxyl groups is 1. The average molecular weight is 531 g/mol. The second-order valence-electron chi connectivity index (χ2n) is 10.6. The van der Waals surface area contributed by atoms with Gasteiger partial charge < -0.3 is 5.11 Å². The van der Waals surface area contributed by atoms with E-state index in [0.29, 0.717) is 39.6 Å². The molecule has 3 aromatic rings. The van der Waals surface area contributed by atoms with Crippen LogP contribution in [0.5, 0.6) is 0 Å². The molecule has 188 valence electrons. The standard InChI is InChI=1S/C31H28Cl2N2O2/c1-18-4-6-20(7-5-18)29(37)28-26(19-8-10-21(32)11-9-19)27-24(16-31(2,3)17-25(27)36)35(30(28)34)23-14-12-22(33)13-15-23/h4-15,26,34,37H,16-17H2,1-3H3/b29-28+,34-30?. The van der Waals surface area contributed by atoms with Gasteiger partial charge in [-0.05, 0) is 60.7 Å². The fraction of sp³-hybridized carbons (Fsp3) is 0.226. The number of nitrogens with one attached hydrogen (secondary N) is 1. The highest BCUT2D eigenvalue weighted by atomic mass is 35.5. The Balaban J connectivity index is 1.84. The van der Waals surface area contributed by atoms with E-state index in [2.05, 4.69) is 13.8 Å². The second kappa shape index (κ2) is 9.51. The molecule has 37 heavy (non-hydrogen) atoms. The van der Waals surface area contributed by atoms with E-state index in [1.54, 1.807) is 29.2 Å². The van der Waals surface area contributed by atoms with Crippen LogP contribution in [0.3, 0.4) is 0 Å². The molecule has 0 saturated heterocycles. The van der Waals surface area contributed by atoms with Gasteiger partial charge in [0.15, 0.2) is 5.78 Å². The lowest BCUT2D eigenvalue weighted by atomic mass is 9.67. The zero-order valence-electron chi connectivity index (χ0n) is 21.0. The quantitative estimate of drug-likeness (QED) is 0.333. The third-order valence-electron chi connectivity index (χ3n) is 7.09. The Kier molecular flexibility index (Phi) is 6.51. The molecule has 2 aliphatic rings. The van der Waals surface area contributed by atoms with Gasteiger partial charge in [0, 0.05) is 50.5 Å². The molecular weight excluding hydrogens is 503 g/mol. The molecule has 0 aromatic heterocycles. The molecule has 5 rings (SSSR count). The van der Waals surface area contributed by atoms with Gasteiger partial charge in [-0.1, -0.05) is 79.0 Å². The summed E-state index contributed by atoms with van der Waals surface area (Å²) in [5.41, 5.74) is 4.68. The highest BCUT2D eigenvalue weighted by Crippen LogP contribution is 2.51. The van der Waals surface area contributed by atoms with Gasteiger partial charge in [0.2, 0.25) is 0 Å². The van der Waals surface area contributed by atoms with Crippen molar-refractivity contribution in [2.24, 2.45) is 5.41 Å². The number of benzene rings is 3. The lowest BCUT2D eigenvalue weighted by molar-refractivity contribution is -0.118. The molecule has 1 heterocycles. The number of anilines is 1. The van der Waals surface area contributed by atoms with Crippen molar-refractivity contribution in [1.29, 1.82) is 5.41 Å². The fourth-order valence-electron chi connectivity index (χ4n) is 5.34. The number of nitrogens with zero attached hydrogens (tertiary/aromatic N) is 1. The van der Waals surface area contributed by atoms with E-state index in [1.165, 1.54) is 0 Å². The minimum Gasteiger partial charge on any atom is -0.507 e. The van der Waals surface area contributed by atoms with E-state index in [1.807, 2.05) is 55.5 Å². The maximum Gasteiger partial charge on any atom is 0.162 e. The van der Waals surface area contributed by atoms with Gasteiger partial charge in [-0.2, -0.15) is 0 Å². The molecule has 0 bridgehead atoms. The van der Waals surface area contributed by atoms with Crippen molar-refractivity contribution in [2.45, 2.75) is 39.5 Å². The number of aryl methyl sites for hydroxylation is 1. The minimum atomic E-state index is -0.604. The highest BCUT2D eigenvalue weighted by molar-refractivity contribution is 6.31. The van der Waals surface area contributed by atoms with Crippen LogP contribution in [-0.2, 0) is 4.79 Å². The second-order valence-corrected chi connectivity index (χ2v) is 11.4. The molecular formula is C31H28Cl2N2O2. The molecule has 2 N–H and O–H groups in total. The predicted molar refractivity (Wildman–Crippen MR) is 152 cm³/mol. The Hall–Kier alpha value is -3.34. The zero-order chi connectivity index (χ0) is 26.5. The Morgan fingerprint density at radius 3 is 2.08 bits per heavy atom. The summed E-state index contributed by atoms with van der Waals surface area (Å²) in [7, 11) is 0. The number of rotatable bonds is 3. The number of ketones is 1. The van der Waals surface area contributed by atoms with E-state index in [-0.39, 0.29) is 22.8 Å². The molecule has 0 saturated carbocycles. The van der Waals surface area contributed by atoms with Crippen molar-refractivity contribution in [2.75, 3.05) is 4.90 Å². The monoisotopic (exact) mass is 530 g/mol. The third kappa shape index (κ3) is 4.72. The molecule has 0 fully saturated rings. The van der Waals surface area contributed by atoms with Gasteiger partial charge in [-0.25, -0.2) is 0 Å². The van der Waals surface area contributed by atoms with Crippen LogP contribution in [0.2, 0.25) is 10.0 Å². The molecule has 1 aliphatic carbocycles. The largest absolute Gasteiger partial charge is 0.507 e. The van der Waals surface area contributed by atoms with E-state index >= 15 is 0 Å². The van der Waals surface area contributed by atoms with Crippen molar-refractivity contribution < 1.29 is 9.90 Å². The summed E-state index contributed by atoms with van der Waals surface area (Å²) in [6.45, 7) is 6.13. The maximum atomic E-state index is 13.9. The maximum absolute atomic E-state index is 13.9. The Morgan fingerprint density at radius 1 is 0.919 bits per heavy atom. The molecule has 0 spiro atoms. The highest BCUT2D eigenvalue weighted by Gasteiger charge is 2.46. The van der Waals surface area contributed by atoms with E-state index in [9.17, 15) is 15.3 Å². The molecule has 1 unspecified atom stereocenters. The number of carbonyl (C=O) groups excluding carboxylic acids is 1. The molecule has 3 aromatic carbocycles. The molecule has 4 nitrogen and oxygen atoms in total. The van der Waals surface area contributed by atoms with Crippen molar-refractivity contribution >= 4 is 46.3 Å². The van der Waals surface area contributed by atoms with Gasteiger partial charge in [0.1, 0.15) is 11.6 Å². The molecule has 1 atom stereocenters. The summed E-state index contributed by atoms with van der Waals surface area (Å²) < 4.78 is 0. The van der Waals surface area contributed by atoms with Crippen molar-refractivity contribution in [1.82, 2.24) is 0 Å². The SMILES string of the molecule is Cc1ccc(/C(O)=C2\C(=N)N(c3ccc(Cl)cc3)C3=C(C(=O)CC(C)(C)C3)C2c2ccc(Cl)cc2)cc1. The number of Topliss-reactive ketones (excluding diaryl/α,β-unsaturated/α-hetero) is 1. The molecule has 6 heteroatoms. The molecule has 0 amide bonds. The number of hydrogen-bond acceptors (Lipinski definition) is 3. The van der Waals surface area contributed by atoms with Gasteiger partial charge >= 0.3 is 0 Å². The normalized spacial score (nSPS) is 20.7. The smallest absolute Gasteiger partial charge is 0.162 e. The van der Waals surface area contributed by atoms with E-state index in [0.717, 1.165) is 22.5 Å². The summed E-state index contributed by atoms with van der Waals surface area (Å²) in [5, 5.41) is 22.3. The van der Waals surface area contributed by atoms with Crippen LogP contribution in [-0.4, -0.2) is 16.7 Å². The number of amidine groups is 1. The Bertz CT molecular complexity index is 1450. The van der Waals surface area contributed by atoms with Gasteiger partial charge in [0.25, 0.3) is 0 Å². The predicted octanol–water partition coefficient (Wildman–Crippen LogP) is 8.50. The number of allylic oxidation sites excluding steroid dienone is 2. The molecule has 0 radical (unpaired) electrons. The fourth-order valence-corrected chi connectivity index (χ4v) is 5.60. The van der Waals surface area contributed by atoms with Crippen LogP contribution in [0.4, 0.5) is 5.69 Å². The number of carbonyl (C=O) groups is 1. The van der Waals surface area contributed by atoms with Crippen LogP contribution >= 0.6 is 23.2 Å². The number of aliphatic hydroxyl groups excluding tert-OH is 1. The Labute approximate surface area is 227 Å². The van der Waals surface area contributed by atoms with Crippen LogP contribution in [0.15, 0.2) is 89.6 Å². The van der Waals surface area contributed by atoms with Crippen LogP contribution in [0.25, 0.3) is 5.76 Å². The van der Waals surface area contributed by atoms with E-state index < -0.39 is 5.92 Å². The lowest BCUT2D eigenvalue weighted by Gasteiger charge is -2.45. The first kappa shape index (κ1) is 25.3. The van der Waals surface area contributed by atoms with Crippen molar-refractivity contribution in [3.05, 3.63) is 116 Å². The average Bonchev–Trinajstić information content (AvgIpc) is 2.84. The topological polar surface area (TPSA) is 64.4 Å². The lowest BCUT2D eigenvalue weighted by Crippen LogP contribution is -2.45. The van der Waals surface area contributed by atoms with Crippen LogP contribution in [0.1, 0.15) is 49.3 Å². The zero-order valence-corrected chi connectivity index (χ0v) is 22.5. The summed E-state index contributed by atoms with van der Waals surface area (Å²) in [5.74, 6) is -0.474. The summed E-state index contributed by atoms with van der Waals surface area (Å²) in [4.78, 5) is 15.7. The summed E-state index contributed by atoms with van der Waals surface area (Å²) in [6, 6.07) is 22.1. The van der Waals surface area contributed by atoms with Crippen LogP contribution < -0.4 is 4.90 Å². The van der Waals surface area contributed by atoms with E-state index in [4.69, 9.17) is 23.2 Å². The van der Waals surface area contributed by atoms with Gasteiger partial charge in [0.05, 0.1) is 0 Å². The van der Waals surface area contributed by atoms with Crippen LogP contribution in [0, 0.1) is 17.7 Å².